The third-order valence-electron chi connectivity index (χ3n) is 2.16. The van der Waals surface area contributed by atoms with Gasteiger partial charge in [0.15, 0.2) is 11.7 Å². The number of oxazole rings is 1. The molecule has 16 heavy (non-hydrogen) atoms. The van der Waals surface area contributed by atoms with Gasteiger partial charge in [-0.1, -0.05) is 30.3 Å². The van der Waals surface area contributed by atoms with Crippen LogP contribution >= 0.6 is 0 Å². The number of hydrogen-bond acceptors (Lipinski definition) is 3. The first-order chi connectivity index (χ1) is 7.66. The van der Waals surface area contributed by atoms with E-state index in [1.807, 2.05) is 30.3 Å². The van der Waals surface area contributed by atoms with Gasteiger partial charge in [0.25, 0.3) is 0 Å². The van der Waals surface area contributed by atoms with E-state index in [9.17, 15) is 4.79 Å². The quantitative estimate of drug-likeness (QED) is 0.856. The molecule has 0 atom stereocenters. The Morgan fingerprint density at radius 1 is 1.38 bits per heavy atom. The molecule has 0 aliphatic rings. The Bertz CT molecular complexity index is 502. The Balaban J connectivity index is 2.44. The number of rotatable bonds is 3. The van der Waals surface area contributed by atoms with Crippen molar-refractivity contribution in [1.29, 1.82) is 0 Å². The standard InChI is InChI=1S/C12H11NO3/c1-8-13-10(7-11(14)15)12(16-8)9-5-3-2-4-6-9/h2-6H,7H2,1H3,(H,14,15). The zero-order valence-electron chi connectivity index (χ0n) is 8.80. The highest BCUT2D eigenvalue weighted by atomic mass is 16.4. The average Bonchev–Trinajstić information content (AvgIpc) is 2.60. The van der Waals surface area contributed by atoms with Gasteiger partial charge in [-0.3, -0.25) is 4.79 Å². The molecular formula is C12H11NO3. The Kier molecular flexibility index (Phi) is 2.72. The molecular weight excluding hydrogens is 206 g/mol. The number of nitrogens with zero attached hydrogens (tertiary/aromatic N) is 1. The number of carboxylic acids is 1. The molecule has 0 saturated heterocycles. The molecule has 0 amide bonds. The second kappa shape index (κ2) is 4.18. The summed E-state index contributed by atoms with van der Waals surface area (Å²) >= 11 is 0. The lowest BCUT2D eigenvalue weighted by Crippen LogP contribution is -2.01. The highest BCUT2D eigenvalue weighted by Gasteiger charge is 2.15. The van der Waals surface area contributed by atoms with E-state index in [1.54, 1.807) is 6.92 Å². The summed E-state index contributed by atoms with van der Waals surface area (Å²) in [7, 11) is 0. The zero-order chi connectivity index (χ0) is 11.5. The summed E-state index contributed by atoms with van der Waals surface area (Å²) in [6.07, 6.45) is -0.123. The molecule has 0 aliphatic carbocycles. The third-order valence-corrected chi connectivity index (χ3v) is 2.16. The normalized spacial score (nSPS) is 10.3. The molecule has 2 rings (SSSR count). The maximum absolute atomic E-state index is 10.7. The van der Waals surface area contributed by atoms with Crippen LogP contribution in [0.4, 0.5) is 0 Å². The van der Waals surface area contributed by atoms with E-state index in [2.05, 4.69) is 4.98 Å². The number of aromatic nitrogens is 1. The molecule has 0 bridgehead atoms. The van der Waals surface area contributed by atoms with Crippen LogP contribution < -0.4 is 0 Å². The number of carbonyl (C=O) groups is 1. The van der Waals surface area contributed by atoms with Crippen molar-refractivity contribution in [2.24, 2.45) is 0 Å². The van der Waals surface area contributed by atoms with Gasteiger partial charge >= 0.3 is 5.97 Å². The molecule has 1 heterocycles. The predicted molar refractivity (Wildman–Crippen MR) is 58.0 cm³/mol. The van der Waals surface area contributed by atoms with Gasteiger partial charge in [0.2, 0.25) is 0 Å². The number of carboxylic acid groups (broad SMARTS) is 1. The fourth-order valence-corrected chi connectivity index (χ4v) is 1.55. The van der Waals surface area contributed by atoms with Crippen molar-refractivity contribution in [1.82, 2.24) is 4.98 Å². The number of hydrogen-bond donors (Lipinski definition) is 1. The zero-order valence-corrected chi connectivity index (χ0v) is 8.80. The van der Waals surface area contributed by atoms with Gasteiger partial charge in [0.1, 0.15) is 0 Å². The average molecular weight is 217 g/mol. The summed E-state index contributed by atoms with van der Waals surface area (Å²) in [5.41, 5.74) is 1.32. The highest BCUT2D eigenvalue weighted by Crippen LogP contribution is 2.24. The summed E-state index contributed by atoms with van der Waals surface area (Å²) in [6.45, 7) is 1.71. The van der Waals surface area contributed by atoms with Crippen molar-refractivity contribution < 1.29 is 14.3 Å². The second-order valence-corrected chi connectivity index (χ2v) is 3.45. The summed E-state index contributed by atoms with van der Waals surface area (Å²) < 4.78 is 5.43. The summed E-state index contributed by atoms with van der Waals surface area (Å²) in [6, 6.07) is 9.37. The predicted octanol–water partition coefficient (Wildman–Crippen LogP) is 2.28. The van der Waals surface area contributed by atoms with Gasteiger partial charge in [-0.05, 0) is 0 Å². The summed E-state index contributed by atoms with van der Waals surface area (Å²) in [5, 5.41) is 8.77. The van der Waals surface area contributed by atoms with E-state index in [4.69, 9.17) is 9.52 Å². The van der Waals surface area contributed by atoms with E-state index < -0.39 is 5.97 Å². The van der Waals surface area contributed by atoms with Crippen LogP contribution in [0.2, 0.25) is 0 Å². The third kappa shape index (κ3) is 2.11. The Hall–Kier alpha value is -2.10. The Morgan fingerprint density at radius 3 is 2.69 bits per heavy atom. The van der Waals surface area contributed by atoms with E-state index in [0.717, 1.165) is 5.56 Å². The van der Waals surface area contributed by atoms with Gasteiger partial charge in [0, 0.05) is 12.5 Å². The highest BCUT2D eigenvalue weighted by molar-refractivity contribution is 5.73. The monoisotopic (exact) mass is 217 g/mol. The summed E-state index contributed by atoms with van der Waals surface area (Å²) in [4.78, 5) is 14.8. The van der Waals surface area contributed by atoms with Crippen molar-refractivity contribution >= 4 is 5.97 Å². The molecule has 4 nitrogen and oxygen atoms in total. The molecule has 0 saturated carbocycles. The lowest BCUT2D eigenvalue weighted by atomic mass is 10.1. The first-order valence-electron chi connectivity index (χ1n) is 4.90. The Morgan fingerprint density at radius 2 is 2.06 bits per heavy atom. The molecule has 2 aromatic rings. The van der Waals surface area contributed by atoms with Crippen LogP contribution in [0, 0.1) is 6.92 Å². The number of benzene rings is 1. The van der Waals surface area contributed by atoms with Crippen LogP contribution in [0.1, 0.15) is 11.6 Å². The van der Waals surface area contributed by atoms with Crippen LogP contribution in [-0.4, -0.2) is 16.1 Å². The lowest BCUT2D eigenvalue weighted by molar-refractivity contribution is -0.136. The molecule has 0 aliphatic heterocycles. The van der Waals surface area contributed by atoms with Crippen molar-refractivity contribution in [3.8, 4) is 11.3 Å². The number of aryl methyl sites for hydroxylation is 1. The number of aliphatic carboxylic acids is 1. The largest absolute Gasteiger partial charge is 0.481 e. The minimum Gasteiger partial charge on any atom is -0.481 e. The molecule has 1 aromatic heterocycles. The van der Waals surface area contributed by atoms with E-state index in [-0.39, 0.29) is 6.42 Å². The van der Waals surface area contributed by atoms with Crippen molar-refractivity contribution in [3.05, 3.63) is 41.9 Å². The van der Waals surface area contributed by atoms with Gasteiger partial charge in [-0.2, -0.15) is 0 Å². The van der Waals surface area contributed by atoms with Crippen LogP contribution in [0.15, 0.2) is 34.7 Å². The van der Waals surface area contributed by atoms with Gasteiger partial charge in [0.05, 0.1) is 12.1 Å². The minimum atomic E-state index is -0.912. The minimum absolute atomic E-state index is 0.123. The topological polar surface area (TPSA) is 63.3 Å². The fourth-order valence-electron chi connectivity index (χ4n) is 1.55. The van der Waals surface area contributed by atoms with Gasteiger partial charge in [-0.25, -0.2) is 4.98 Å². The lowest BCUT2D eigenvalue weighted by Gasteiger charge is -1.98. The molecule has 1 N–H and O–H groups in total. The molecule has 0 unspecified atom stereocenters. The first-order valence-corrected chi connectivity index (χ1v) is 4.90. The second-order valence-electron chi connectivity index (χ2n) is 3.45. The van der Waals surface area contributed by atoms with Gasteiger partial charge in [-0.15, -0.1) is 0 Å². The fraction of sp³-hybridized carbons (Fsp3) is 0.167. The molecule has 0 radical (unpaired) electrons. The maximum atomic E-state index is 10.7. The van der Waals surface area contributed by atoms with E-state index in [0.29, 0.717) is 17.3 Å². The molecule has 4 heteroatoms. The first kappa shape index (κ1) is 10.4. The van der Waals surface area contributed by atoms with Crippen molar-refractivity contribution in [2.45, 2.75) is 13.3 Å². The van der Waals surface area contributed by atoms with Crippen LogP contribution in [0.25, 0.3) is 11.3 Å². The molecule has 0 fully saturated rings. The maximum Gasteiger partial charge on any atom is 0.309 e. The van der Waals surface area contributed by atoms with Gasteiger partial charge < -0.3 is 9.52 Å². The molecule has 82 valence electrons. The van der Waals surface area contributed by atoms with Crippen molar-refractivity contribution in [3.63, 3.8) is 0 Å². The van der Waals surface area contributed by atoms with E-state index in [1.165, 1.54) is 0 Å². The molecule has 1 aromatic carbocycles. The van der Waals surface area contributed by atoms with Crippen LogP contribution in [0.3, 0.4) is 0 Å². The SMILES string of the molecule is Cc1nc(CC(=O)O)c(-c2ccccc2)o1. The smallest absolute Gasteiger partial charge is 0.309 e. The Labute approximate surface area is 92.6 Å². The van der Waals surface area contributed by atoms with Crippen LogP contribution in [0.5, 0.6) is 0 Å². The molecule has 0 spiro atoms. The summed E-state index contributed by atoms with van der Waals surface area (Å²) in [5.74, 6) is 0.112. The van der Waals surface area contributed by atoms with E-state index >= 15 is 0 Å². The van der Waals surface area contributed by atoms with Crippen LogP contribution in [-0.2, 0) is 11.2 Å². The van der Waals surface area contributed by atoms with Crippen molar-refractivity contribution in [2.75, 3.05) is 0 Å².